The zero-order chi connectivity index (χ0) is 15.3. The predicted octanol–water partition coefficient (Wildman–Crippen LogP) is 1.56. The molecule has 2 aliphatic carbocycles. The number of hydrogen-bond acceptors (Lipinski definition) is 3. The summed E-state index contributed by atoms with van der Waals surface area (Å²) in [5, 5.41) is 8.09. The van der Waals surface area contributed by atoms with E-state index >= 15 is 0 Å². The van der Waals surface area contributed by atoms with E-state index in [1.54, 1.807) is 13.0 Å². The van der Waals surface area contributed by atoms with Crippen molar-refractivity contribution in [3.05, 3.63) is 29.3 Å². The monoisotopic (exact) mass is 308 g/mol. The first-order valence-electron chi connectivity index (χ1n) is 7.23. The molecule has 0 aliphatic heterocycles. The highest BCUT2D eigenvalue weighted by Gasteiger charge is 2.53. The molecular weight excluding hydrogens is 288 g/mol. The highest BCUT2D eigenvalue weighted by Crippen LogP contribution is 2.60. The predicted molar refractivity (Wildman–Crippen MR) is 79.3 cm³/mol. The van der Waals surface area contributed by atoms with Gasteiger partial charge in [0.05, 0.1) is 4.90 Å². The summed E-state index contributed by atoms with van der Waals surface area (Å²) in [7, 11) is -3.79. The molecule has 0 heterocycles. The van der Waals surface area contributed by atoms with Crippen LogP contribution in [0.25, 0.3) is 0 Å². The van der Waals surface area contributed by atoms with E-state index in [9.17, 15) is 13.2 Å². The van der Waals surface area contributed by atoms with Crippen molar-refractivity contribution in [2.75, 3.05) is 6.54 Å². The molecule has 0 unspecified atom stereocenters. The summed E-state index contributed by atoms with van der Waals surface area (Å²) in [5.74, 6) is 0.555. The fourth-order valence-electron chi connectivity index (χ4n) is 2.96. The minimum atomic E-state index is -3.79. The van der Waals surface area contributed by atoms with Crippen LogP contribution in [0.1, 0.15) is 41.6 Å². The number of hydrogen-bond donors (Lipinski definition) is 2. The molecule has 1 aromatic rings. The average molecular weight is 308 g/mol. The number of primary sulfonamides is 1. The first-order chi connectivity index (χ1) is 9.82. The summed E-state index contributed by atoms with van der Waals surface area (Å²) in [6, 6.07) is 4.40. The van der Waals surface area contributed by atoms with Gasteiger partial charge in [-0.25, -0.2) is 13.6 Å². The molecule has 2 fully saturated rings. The molecule has 2 saturated carbocycles. The van der Waals surface area contributed by atoms with Gasteiger partial charge in [0.25, 0.3) is 5.91 Å². The van der Waals surface area contributed by atoms with Gasteiger partial charge in [0.15, 0.2) is 0 Å². The second kappa shape index (κ2) is 4.81. The Morgan fingerprint density at radius 1 is 1.38 bits per heavy atom. The first kappa shape index (κ1) is 14.5. The summed E-state index contributed by atoms with van der Waals surface area (Å²) in [5.41, 5.74) is 1.45. The summed E-state index contributed by atoms with van der Waals surface area (Å²) in [6.07, 6.45) is 4.92. The van der Waals surface area contributed by atoms with Crippen molar-refractivity contribution >= 4 is 15.9 Å². The SMILES string of the molecule is Cc1ccc(S(N)(=O)=O)cc1C(=O)NCC1(C2CC2)CC1. The van der Waals surface area contributed by atoms with Gasteiger partial charge >= 0.3 is 0 Å². The molecule has 3 N–H and O–H groups in total. The fraction of sp³-hybridized carbons (Fsp3) is 0.533. The maximum Gasteiger partial charge on any atom is 0.251 e. The van der Waals surface area contributed by atoms with E-state index in [2.05, 4.69) is 5.32 Å². The van der Waals surface area contributed by atoms with Crippen molar-refractivity contribution in [2.24, 2.45) is 16.5 Å². The van der Waals surface area contributed by atoms with Crippen LogP contribution in [-0.2, 0) is 10.0 Å². The van der Waals surface area contributed by atoms with E-state index in [1.165, 1.54) is 37.8 Å². The topological polar surface area (TPSA) is 89.3 Å². The number of benzene rings is 1. The van der Waals surface area contributed by atoms with Crippen molar-refractivity contribution in [3.8, 4) is 0 Å². The molecule has 0 spiro atoms. The van der Waals surface area contributed by atoms with Gasteiger partial charge in [-0.15, -0.1) is 0 Å². The molecule has 2 aliphatic rings. The number of amides is 1. The van der Waals surface area contributed by atoms with Crippen LogP contribution < -0.4 is 10.5 Å². The van der Waals surface area contributed by atoms with Crippen molar-refractivity contribution in [1.29, 1.82) is 0 Å². The van der Waals surface area contributed by atoms with Crippen LogP contribution in [0, 0.1) is 18.3 Å². The lowest BCUT2D eigenvalue weighted by Crippen LogP contribution is -2.31. The van der Waals surface area contributed by atoms with E-state index < -0.39 is 10.0 Å². The Kier molecular flexibility index (Phi) is 3.33. The molecule has 0 radical (unpaired) electrons. The first-order valence-corrected chi connectivity index (χ1v) is 8.78. The van der Waals surface area contributed by atoms with Gasteiger partial charge in [-0.2, -0.15) is 0 Å². The van der Waals surface area contributed by atoms with Crippen molar-refractivity contribution in [2.45, 2.75) is 37.5 Å². The van der Waals surface area contributed by atoms with Gasteiger partial charge in [0, 0.05) is 12.1 Å². The number of nitrogens with two attached hydrogens (primary N) is 1. The summed E-state index contributed by atoms with van der Waals surface area (Å²) >= 11 is 0. The van der Waals surface area contributed by atoms with E-state index in [4.69, 9.17) is 5.14 Å². The molecule has 21 heavy (non-hydrogen) atoms. The van der Waals surface area contributed by atoms with Gasteiger partial charge in [-0.1, -0.05) is 6.07 Å². The molecule has 0 saturated heterocycles. The summed E-state index contributed by atoms with van der Waals surface area (Å²) in [4.78, 5) is 12.3. The lowest BCUT2D eigenvalue weighted by atomic mass is 10.0. The smallest absolute Gasteiger partial charge is 0.251 e. The lowest BCUT2D eigenvalue weighted by molar-refractivity contribution is 0.0942. The number of aryl methyl sites for hydroxylation is 1. The van der Waals surface area contributed by atoms with E-state index in [0.29, 0.717) is 17.5 Å². The molecule has 0 aromatic heterocycles. The van der Waals surface area contributed by atoms with E-state index in [1.807, 2.05) is 0 Å². The molecule has 5 nitrogen and oxygen atoms in total. The maximum absolute atomic E-state index is 12.3. The molecule has 6 heteroatoms. The number of nitrogens with one attached hydrogen (secondary N) is 1. The molecular formula is C15H20N2O3S. The van der Waals surface area contributed by atoms with Crippen LogP contribution in [0.5, 0.6) is 0 Å². The Morgan fingerprint density at radius 3 is 2.57 bits per heavy atom. The fourth-order valence-corrected chi connectivity index (χ4v) is 3.50. The second-order valence-corrected chi connectivity index (χ2v) is 7.90. The van der Waals surface area contributed by atoms with Gasteiger partial charge in [-0.3, -0.25) is 4.79 Å². The van der Waals surface area contributed by atoms with Crippen LogP contribution in [0.15, 0.2) is 23.1 Å². The van der Waals surface area contributed by atoms with Crippen LogP contribution in [0.4, 0.5) is 0 Å². The number of sulfonamides is 1. The molecule has 1 aromatic carbocycles. The summed E-state index contributed by atoms with van der Waals surface area (Å²) < 4.78 is 22.8. The second-order valence-electron chi connectivity index (χ2n) is 6.34. The van der Waals surface area contributed by atoms with Crippen molar-refractivity contribution in [3.63, 3.8) is 0 Å². The highest BCUT2D eigenvalue weighted by molar-refractivity contribution is 7.89. The van der Waals surface area contributed by atoms with Crippen LogP contribution in [0.2, 0.25) is 0 Å². The molecule has 114 valence electrons. The Hall–Kier alpha value is -1.40. The Morgan fingerprint density at radius 2 is 2.05 bits per heavy atom. The third-order valence-electron chi connectivity index (χ3n) is 4.72. The average Bonchev–Trinajstić information content (AvgIpc) is 3.25. The van der Waals surface area contributed by atoms with Crippen LogP contribution in [-0.4, -0.2) is 20.9 Å². The van der Waals surface area contributed by atoms with Gasteiger partial charge in [0.1, 0.15) is 0 Å². The summed E-state index contributed by atoms with van der Waals surface area (Å²) in [6.45, 7) is 2.48. The van der Waals surface area contributed by atoms with E-state index in [-0.39, 0.29) is 10.8 Å². The highest BCUT2D eigenvalue weighted by atomic mass is 32.2. The zero-order valence-corrected chi connectivity index (χ0v) is 12.9. The zero-order valence-electron chi connectivity index (χ0n) is 12.1. The minimum absolute atomic E-state index is 0.0263. The van der Waals surface area contributed by atoms with Gasteiger partial charge in [0.2, 0.25) is 10.0 Å². The molecule has 1 amide bonds. The third kappa shape index (κ3) is 2.96. The van der Waals surface area contributed by atoms with Crippen LogP contribution >= 0.6 is 0 Å². The largest absolute Gasteiger partial charge is 0.351 e. The lowest BCUT2D eigenvalue weighted by Gasteiger charge is -2.16. The Labute approximate surface area is 125 Å². The van der Waals surface area contributed by atoms with Crippen LogP contribution in [0.3, 0.4) is 0 Å². The standard InChI is InChI=1S/C15H20N2O3S/c1-10-2-5-12(21(16,19)20)8-13(10)14(18)17-9-15(6-7-15)11-3-4-11/h2,5,8,11H,3-4,6-7,9H2,1H3,(H,17,18)(H2,16,19,20). The molecule has 0 bridgehead atoms. The normalized spacial score (nSPS) is 20.1. The minimum Gasteiger partial charge on any atom is -0.351 e. The van der Waals surface area contributed by atoms with E-state index in [0.717, 1.165) is 11.5 Å². The Bertz CT molecular complexity index is 689. The maximum atomic E-state index is 12.3. The number of rotatable bonds is 5. The number of carbonyl (C=O) groups excluding carboxylic acids is 1. The Balaban J connectivity index is 1.74. The van der Waals surface area contributed by atoms with Gasteiger partial charge in [-0.05, 0) is 61.6 Å². The van der Waals surface area contributed by atoms with Crippen molar-refractivity contribution < 1.29 is 13.2 Å². The molecule has 3 rings (SSSR count). The third-order valence-corrected chi connectivity index (χ3v) is 5.63. The van der Waals surface area contributed by atoms with Crippen molar-refractivity contribution in [1.82, 2.24) is 5.32 Å². The number of carbonyl (C=O) groups is 1. The quantitative estimate of drug-likeness (QED) is 0.865. The van der Waals surface area contributed by atoms with Gasteiger partial charge < -0.3 is 5.32 Å². The molecule has 0 atom stereocenters.